The van der Waals surface area contributed by atoms with Crippen molar-refractivity contribution >= 4 is 28.9 Å². The standard InChI is InChI=1S/C19H19N3O/c1-21(2)15-11-8-14(9-12-15)10-13-17-19(23)22(3)18-7-5-4-6-16(18)20-17/h4-13H,1-3H3. The molecule has 1 heterocycles. The molecule has 4 heteroatoms. The first-order valence-electron chi connectivity index (χ1n) is 7.47. The third-order valence-corrected chi connectivity index (χ3v) is 3.85. The van der Waals surface area contributed by atoms with Crippen molar-refractivity contribution in [2.45, 2.75) is 0 Å². The fourth-order valence-corrected chi connectivity index (χ4v) is 2.47. The topological polar surface area (TPSA) is 38.1 Å². The number of anilines is 1. The van der Waals surface area contributed by atoms with Crippen LogP contribution in [0.1, 0.15) is 11.3 Å². The van der Waals surface area contributed by atoms with E-state index in [1.165, 1.54) is 0 Å². The molecule has 23 heavy (non-hydrogen) atoms. The van der Waals surface area contributed by atoms with Crippen LogP contribution < -0.4 is 10.5 Å². The Morgan fingerprint density at radius 1 is 1.00 bits per heavy atom. The van der Waals surface area contributed by atoms with E-state index in [-0.39, 0.29) is 5.56 Å². The average Bonchev–Trinajstić information content (AvgIpc) is 2.57. The molecule has 0 radical (unpaired) electrons. The number of hydrogen-bond donors (Lipinski definition) is 0. The lowest BCUT2D eigenvalue weighted by molar-refractivity contribution is 0.887. The molecule has 0 amide bonds. The molecule has 0 aliphatic heterocycles. The normalized spacial score (nSPS) is 11.3. The smallest absolute Gasteiger partial charge is 0.276 e. The van der Waals surface area contributed by atoms with Gasteiger partial charge in [-0.3, -0.25) is 4.79 Å². The first-order chi connectivity index (χ1) is 11.1. The number of nitrogens with zero attached hydrogens (tertiary/aromatic N) is 3. The van der Waals surface area contributed by atoms with Gasteiger partial charge in [-0.15, -0.1) is 0 Å². The van der Waals surface area contributed by atoms with E-state index in [9.17, 15) is 4.79 Å². The van der Waals surface area contributed by atoms with Crippen LogP contribution in [0.4, 0.5) is 5.69 Å². The zero-order valence-corrected chi connectivity index (χ0v) is 13.5. The molecule has 0 saturated heterocycles. The quantitative estimate of drug-likeness (QED) is 0.746. The Labute approximate surface area is 135 Å². The number of para-hydroxylation sites is 2. The SMILES string of the molecule is CN(C)c1ccc(C=Cc2nc3ccccc3n(C)c2=O)cc1. The first kappa shape index (κ1) is 15.0. The van der Waals surface area contributed by atoms with E-state index in [0.29, 0.717) is 5.69 Å². The molecule has 0 bridgehead atoms. The summed E-state index contributed by atoms with van der Waals surface area (Å²) in [4.78, 5) is 18.9. The van der Waals surface area contributed by atoms with Crippen LogP contribution in [-0.2, 0) is 7.05 Å². The van der Waals surface area contributed by atoms with E-state index < -0.39 is 0 Å². The van der Waals surface area contributed by atoms with Crippen LogP contribution in [0.25, 0.3) is 23.2 Å². The van der Waals surface area contributed by atoms with Crippen LogP contribution in [-0.4, -0.2) is 23.6 Å². The van der Waals surface area contributed by atoms with Gasteiger partial charge in [0.2, 0.25) is 0 Å². The zero-order valence-electron chi connectivity index (χ0n) is 13.5. The van der Waals surface area contributed by atoms with Crippen molar-refractivity contribution in [1.29, 1.82) is 0 Å². The minimum absolute atomic E-state index is 0.0927. The van der Waals surface area contributed by atoms with Gasteiger partial charge in [-0.25, -0.2) is 4.98 Å². The van der Waals surface area contributed by atoms with Crippen LogP contribution in [0.3, 0.4) is 0 Å². The van der Waals surface area contributed by atoms with Crippen LogP contribution in [0.15, 0.2) is 53.3 Å². The second-order valence-corrected chi connectivity index (χ2v) is 5.67. The summed E-state index contributed by atoms with van der Waals surface area (Å²) in [5.74, 6) is 0. The van der Waals surface area contributed by atoms with E-state index in [2.05, 4.69) is 4.98 Å². The number of aryl methyl sites for hydroxylation is 1. The van der Waals surface area contributed by atoms with Crippen LogP contribution in [0.5, 0.6) is 0 Å². The highest BCUT2D eigenvalue weighted by Gasteiger charge is 2.05. The molecule has 3 rings (SSSR count). The lowest BCUT2D eigenvalue weighted by Crippen LogP contribution is -2.21. The molecule has 0 unspecified atom stereocenters. The highest BCUT2D eigenvalue weighted by atomic mass is 16.1. The highest BCUT2D eigenvalue weighted by Crippen LogP contribution is 2.14. The van der Waals surface area contributed by atoms with Gasteiger partial charge in [0.1, 0.15) is 5.69 Å². The summed E-state index contributed by atoms with van der Waals surface area (Å²) in [6.07, 6.45) is 3.69. The van der Waals surface area contributed by atoms with Crippen LogP contribution >= 0.6 is 0 Å². The average molecular weight is 305 g/mol. The Morgan fingerprint density at radius 3 is 2.39 bits per heavy atom. The lowest BCUT2D eigenvalue weighted by atomic mass is 10.1. The fourth-order valence-electron chi connectivity index (χ4n) is 2.47. The summed E-state index contributed by atoms with van der Waals surface area (Å²) in [7, 11) is 5.79. The van der Waals surface area contributed by atoms with Gasteiger partial charge in [0.25, 0.3) is 5.56 Å². The summed E-state index contributed by atoms with van der Waals surface area (Å²) in [5, 5.41) is 0. The Bertz CT molecular complexity index is 921. The van der Waals surface area contributed by atoms with E-state index in [1.54, 1.807) is 17.7 Å². The Hall–Kier alpha value is -2.88. The molecule has 3 aromatic rings. The molecule has 0 atom stereocenters. The summed E-state index contributed by atoms with van der Waals surface area (Å²) < 4.78 is 1.64. The predicted octanol–water partition coefficient (Wildman–Crippen LogP) is 3.17. The van der Waals surface area contributed by atoms with Gasteiger partial charge < -0.3 is 9.47 Å². The second-order valence-electron chi connectivity index (χ2n) is 5.67. The summed E-state index contributed by atoms with van der Waals surface area (Å²) >= 11 is 0. The molecule has 1 aromatic heterocycles. The van der Waals surface area contributed by atoms with Crippen molar-refractivity contribution in [3.8, 4) is 0 Å². The molecule has 116 valence electrons. The Kier molecular flexibility index (Phi) is 3.98. The number of hydrogen-bond acceptors (Lipinski definition) is 3. The van der Waals surface area contributed by atoms with Gasteiger partial charge >= 0.3 is 0 Å². The molecule has 0 saturated carbocycles. The van der Waals surface area contributed by atoms with Crippen molar-refractivity contribution in [1.82, 2.24) is 9.55 Å². The number of aromatic nitrogens is 2. The third-order valence-electron chi connectivity index (χ3n) is 3.85. The number of benzene rings is 2. The van der Waals surface area contributed by atoms with Crippen molar-refractivity contribution in [2.75, 3.05) is 19.0 Å². The minimum Gasteiger partial charge on any atom is -0.378 e. The Balaban J connectivity index is 1.97. The van der Waals surface area contributed by atoms with E-state index in [1.807, 2.05) is 73.6 Å². The van der Waals surface area contributed by atoms with Crippen molar-refractivity contribution in [3.63, 3.8) is 0 Å². The van der Waals surface area contributed by atoms with Crippen molar-refractivity contribution in [2.24, 2.45) is 7.05 Å². The molecule has 0 spiro atoms. The number of rotatable bonds is 3. The summed E-state index contributed by atoms with van der Waals surface area (Å²) in [5.41, 5.74) is 4.18. The van der Waals surface area contributed by atoms with E-state index in [0.717, 1.165) is 22.3 Å². The van der Waals surface area contributed by atoms with Crippen molar-refractivity contribution < 1.29 is 0 Å². The first-order valence-corrected chi connectivity index (χ1v) is 7.47. The summed E-state index contributed by atoms with van der Waals surface area (Å²) in [6.45, 7) is 0. The van der Waals surface area contributed by atoms with E-state index >= 15 is 0 Å². The minimum atomic E-state index is -0.0927. The zero-order chi connectivity index (χ0) is 16.4. The molecule has 0 fully saturated rings. The second kappa shape index (κ2) is 6.08. The Morgan fingerprint density at radius 2 is 1.70 bits per heavy atom. The van der Waals surface area contributed by atoms with Crippen LogP contribution in [0.2, 0.25) is 0 Å². The monoisotopic (exact) mass is 305 g/mol. The third kappa shape index (κ3) is 3.01. The van der Waals surface area contributed by atoms with Gasteiger partial charge in [-0.1, -0.05) is 30.3 Å². The molecule has 0 aliphatic carbocycles. The summed E-state index contributed by atoms with van der Waals surface area (Å²) in [6, 6.07) is 15.8. The van der Waals surface area contributed by atoms with Gasteiger partial charge in [0.05, 0.1) is 11.0 Å². The molecular weight excluding hydrogens is 286 g/mol. The van der Waals surface area contributed by atoms with Gasteiger partial charge in [-0.05, 0) is 35.9 Å². The molecule has 0 aliphatic rings. The largest absolute Gasteiger partial charge is 0.378 e. The molecule has 0 N–H and O–H groups in total. The highest BCUT2D eigenvalue weighted by molar-refractivity contribution is 5.77. The molecule has 2 aromatic carbocycles. The lowest BCUT2D eigenvalue weighted by Gasteiger charge is -2.11. The van der Waals surface area contributed by atoms with Crippen LogP contribution in [0, 0.1) is 0 Å². The van der Waals surface area contributed by atoms with Gasteiger partial charge in [0, 0.05) is 26.8 Å². The maximum Gasteiger partial charge on any atom is 0.276 e. The van der Waals surface area contributed by atoms with Gasteiger partial charge in [-0.2, -0.15) is 0 Å². The maximum absolute atomic E-state index is 12.4. The van der Waals surface area contributed by atoms with E-state index in [4.69, 9.17) is 0 Å². The predicted molar refractivity (Wildman–Crippen MR) is 96.7 cm³/mol. The molecular formula is C19H19N3O. The van der Waals surface area contributed by atoms with Gasteiger partial charge in [0.15, 0.2) is 0 Å². The van der Waals surface area contributed by atoms with Crippen molar-refractivity contribution in [3.05, 3.63) is 70.1 Å². The number of fused-ring (bicyclic) bond motifs is 1. The maximum atomic E-state index is 12.4. The fraction of sp³-hybridized carbons (Fsp3) is 0.158. The molecule has 4 nitrogen and oxygen atoms in total.